The number of ether oxygens (including phenoxy) is 1. The summed E-state index contributed by atoms with van der Waals surface area (Å²) >= 11 is 0. The van der Waals surface area contributed by atoms with Crippen LogP contribution in [0.3, 0.4) is 0 Å². The highest BCUT2D eigenvalue weighted by atomic mass is 16.5. The van der Waals surface area contributed by atoms with Gasteiger partial charge in [-0.3, -0.25) is 0 Å². The third kappa shape index (κ3) is 4.64. The van der Waals surface area contributed by atoms with Gasteiger partial charge in [0.15, 0.2) is 0 Å². The number of nitriles is 1. The van der Waals surface area contributed by atoms with E-state index in [4.69, 9.17) is 10.00 Å². The van der Waals surface area contributed by atoms with Crippen molar-refractivity contribution in [3.8, 4) is 11.8 Å². The van der Waals surface area contributed by atoms with Crippen molar-refractivity contribution >= 4 is 5.69 Å². The third-order valence-corrected chi connectivity index (χ3v) is 4.01. The Labute approximate surface area is 127 Å². The normalized spacial score (nSPS) is 17.0. The molecule has 0 amide bonds. The molecule has 4 heteroatoms. The summed E-state index contributed by atoms with van der Waals surface area (Å²) in [6.45, 7) is 6.71. The van der Waals surface area contributed by atoms with Crippen molar-refractivity contribution in [1.29, 1.82) is 5.26 Å². The van der Waals surface area contributed by atoms with Crippen LogP contribution in [-0.4, -0.2) is 38.2 Å². The van der Waals surface area contributed by atoms with E-state index in [-0.39, 0.29) is 0 Å². The lowest BCUT2D eigenvalue weighted by Crippen LogP contribution is -2.35. The van der Waals surface area contributed by atoms with Gasteiger partial charge in [-0.05, 0) is 44.0 Å². The predicted molar refractivity (Wildman–Crippen MR) is 85.7 cm³/mol. The van der Waals surface area contributed by atoms with Crippen LogP contribution in [0.25, 0.3) is 0 Å². The molecule has 1 N–H and O–H groups in total. The molecule has 1 aromatic rings. The number of nitrogens with zero attached hydrogens (tertiary/aromatic N) is 2. The van der Waals surface area contributed by atoms with Gasteiger partial charge < -0.3 is 15.0 Å². The molecule has 0 aliphatic carbocycles. The first-order valence-electron chi connectivity index (χ1n) is 7.77. The minimum Gasteiger partial charge on any atom is -0.497 e. The number of anilines is 1. The van der Waals surface area contributed by atoms with Crippen molar-refractivity contribution in [2.75, 3.05) is 38.6 Å². The van der Waals surface area contributed by atoms with Crippen LogP contribution in [0.15, 0.2) is 18.2 Å². The highest BCUT2D eigenvalue weighted by Crippen LogP contribution is 2.22. The average molecular weight is 287 g/mol. The zero-order chi connectivity index (χ0) is 15.1. The molecule has 1 atom stereocenters. The summed E-state index contributed by atoms with van der Waals surface area (Å²) in [5.41, 5.74) is 1.53. The van der Waals surface area contributed by atoms with Crippen LogP contribution in [0.1, 0.15) is 31.7 Å². The Morgan fingerprint density at radius 2 is 2.10 bits per heavy atom. The number of methoxy groups -OCH3 is 1. The summed E-state index contributed by atoms with van der Waals surface area (Å²) in [5.74, 6) is 1.33. The van der Waals surface area contributed by atoms with E-state index in [0.717, 1.165) is 24.5 Å². The molecule has 0 saturated carbocycles. The van der Waals surface area contributed by atoms with Crippen LogP contribution in [-0.2, 0) is 0 Å². The predicted octanol–water partition coefficient (Wildman–Crippen LogP) is 3.10. The van der Waals surface area contributed by atoms with E-state index in [1.54, 1.807) is 13.2 Å². The number of hydrogen-bond acceptors (Lipinski definition) is 4. The summed E-state index contributed by atoms with van der Waals surface area (Å²) in [6.07, 6.45) is 4.03. The molecule has 114 valence electrons. The molecule has 1 heterocycles. The molecule has 4 nitrogen and oxygen atoms in total. The lowest BCUT2D eigenvalue weighted by Gasteiger charge is -2.29. The van der Waals surface area contributed by atoms with Gasteiger partial charge in [0.25, 0.3) is 0 Å². The molecule has 0 aromatic heterocycles. The second-order valence-electron chi connectivity index (χ2n) is 5.87. The fraction of sp³-hybridized carbons (Fsp3) is 0.588. The summed E-state index contributed by atoms with van der Waals surface area (Å²) < 4.78 is 5.23. The molecule has 1 fully saturated rings. The van der Waals surface area contributed by atoms with E-state index in [0.29, 0.717) is 11.5 Å². The molecule has 21 heavy (non-hydrogen) atoms. The van der Waals surface area contributed by atoms with Gasteiger partial charge in [0.1, 0.15) is 11.8 Å². The minimum absolute atomic E-state index is 0.556. The Morgan fingerprint density at radius 1 is 1.33 bits per heavy atom. The Balaban J connectivity index is 1.88. The lowest BCUT2D eigenvalue weighted by molar-refractivity contribution is 0.204. The van der Waals surface area contributed by atoms with E-state index in [1.165, 1.54) is 32.4 Å². The maximum absolute atomic E-state index is 9.17. The van der Waals surface area contributed by atoms with E-state index < -0.39 is 0 Å². The maximum atomic E-state index is 9.17. The standard InChI is InChI=1S/C17H25N3O/c1-14(13-20-8-4-3-5-9-20)12-19-17-10-16(21-2)7-6-15(17)11-18/h6-7,10,14,19H,3-5,8-9,12-13H2,1-2H3. The maximum Gasteiger partial charge on any atom is 0.121 e. The average Bonchev–Trinajstić information content (AvgIpc) is 2.53. The second kappa shape index (κ2) is 7.90. The molecule has 1 aliphatic rings. The van der Waals surface area contributed by atoms with E-state index in [1.807, 2.05) is 12.1 Å². The highest BCUT2D eigenvalue weighted by molar-refractivity contribution is 5.60. The van der Waals surface area contributed by atoms with Crippen molar-refractivity contribution in [3.05, 3.63) is 23.8 Å². The summed E-state index contributed by atoms with van der Waals surface area (Å²) in [5, 5.41) is 12.6. The van der Waals surface area contributed by atoms with Crippen LogP contribution in [0.2, 0.25) is 0 Å². The first-order chi connectivity index (χ1) is 10.2. The van der Waals surface area contributed by atoms with Crippen molar-refractivity contribution in [1.82, 2.24) is 4.90 Å². The first-order valence-corrected chi connectivity index (χ1v) is 7.77. The molecule has 0 radical (unpaired) electrons. The molecular formula is C17H25N3O. The monoisotopic (exact) mass is 287 g/mol. The number of likely N-dealkylation sites (tertiary alicyclic amines) is 1. The largest absolute Gasteiger partial charge is 0.497 e. The Morgan fingerprint density at radius 3 is 2.76 bits per heavy atom. The number of piperidine rings is 1. The summed E-state index contributed by atoms with van der Waals surface area (Å²) in [6, 6.07) is 7.74. The van der Waals surface area contributed by atoms with Gasteiger partial charge in [0.05, 0.1) is 18.4 Å². The first kappa shape index (κ1) is 15.7. The molecule has 1 aromatic carbocycles. The molecule has 1 saturated heterocycles. The van der Waals surface area contributed by atoms with E-state index >= 15 is 0 Å². The van der Waals surface area contributed by atoms with Gasteiger partial charge in [-0.1, -0.05) is 13.3 Å². The second-order valence-corrected chi connectivity index (χ2v) is 5.87. The molecule has 0 spiro atoms. The molecule has 0 bridgehead atoms. The number of rotatable bonds is 6. The Bertz CT molecular complexity index is 489. The van der Waals surface area contributed by atoms with E-state index in [9.17, 15) is 0 Å². The smallest absolute Gasteiger partial charge is 0.121 e. The fourth-order valence-corrected chi connectivity index (χ4v) is 2.83. The Kier molecular flexibility index (Phi) is 5.89. The van der Waals surface area contributed by atoms with Crippen molar-refractivity contribution in [2.24, 2.45) is 5.92 Å². The molecule has 1 unspecified atom stereocenters. The number of hydrogen-bond donors (Lipinski definition) is 1. The van der Waals surface area contributed by atoms with Crippen LogP contribution in [0, 0.1) is 17.2 Å². The van der Waals surface area contributed by atoms with Crippen LogP contribution < -0.4 is 10.1 Å². The topological polar surface area (TPSA) is 48.3 Å². The minimum atomic E-state index is 0.556. The van der Waals surface area contributed by atoms with Gasteiger partial charge in [0.2, 0.25) is 0 Å². The third-order valence-electron chi connectivity index (χ3n) is 4.01. The van der Waals surface area contributed by atoms with Gasteiger partial charge in [-0.2, -0.15) is 5.26 Å². The van der Waals surface area contributed by atoms with Gasteiger partial charge >= 0.3 is 0 Å². The van der Waals surface area contributed by atoms with Gasteiger partial charge in [0, 0.05) is 19.2 Å². The molecule has 2 rings (SSSR count). The SMILES string of the molecule is COc1ccc(C#N)c(NCC(C)CN2CCCCC2)c1. The van der Waals surface area contributed by atoms with Crippen molar-refractivity contribution in [2.45, 2.75) is 26.2 Å². The van der Waals surface area contributed by atoms with Crippen molar-refractivity contribution in [3.63, 3.8) is 0 Å². The summed E-state index contributed by atoms with van der Waals surface area (Å²) in [4.78, 5) is 2.55. The fourth-order valence-electron chi connectivity index (χ4n) is 2.83. The molecular weight excluding hydrogens is 262 g/mol. The summed E-state index contributed by atoms with van der Waals surface area (Å²) in [7, 11) is 1.64. The van der Waals surface area contributed by atoms with Crippen LogP contribution in [0.5, 0.6) is 5.75 Å². The van der Waals surface area contributed by atoms with Crippen LogP contribution in [0.4, 0.5) is 5.69 Å². The zero-order valence-electron chi connectivity index (χ0n) is 13.1. The highest BCUT2D eigenvalue weighted by Gasteiger charge is 2.13. The lowest BCUT2D eigenvalue weighted by atomic mass is 10.1. The Hall–Kier alpha value is -1.73. The van der Waals surface area contributed by atoms with Crippen molar-refractivity contribution < 1.29 is 4.74 Å². The zero-order valence-corrected chi connectivity index (χ0v) is 13.1. The van der Waals surface area contributed by atoms with Gasteiger partial charge in [-0.25, -0.2) is 0 Å². The van der Waals surface area contributed by atoms with Crippen LogP contribution >= 0.6 is 0 Å². The quantitative estimate of drug-likeness (QED) is 0.873. The number of nitrogens with one attached hydrogen (secondary N) is 1. The van der Waals surface area contributed by atoms with E-state index in [2.05, 4.69) is 23.2 Å². The van der Waals surface area contributed by atoms with Gasteiger partial charge in [-0.15, -0.1) is 0 Å². The number of benzene rings is 1. The molecule has 1 aliphatic heterocycles.